The van der Waals surface area contributed by atoms with Gasteiger partial charge in [0.15, 0.2) is 0 Å². The number of rotatable bonds is 3. The number of carbonyl (C=O) groups excluding carboxylic acids is 1. The summed E-state index contributed by atoms with van der Waals surface area (Å²) in [5, 5.41) is 9.40. The van der Waals surface area contributed by atoms with E-state index in [0.29, 0.717) is 0 Å². The van der Waals surface area contributed by atoms with Crippen LogP contribution in [-0.4, -0.2) is 37.9 Å². The van der Waals surface area contributed by atoms with Gasteiger partial charge in [0.2, 0.25) is 8.56 Å². The molecule has 0 fully saturated rings. The highest BCUT2D eigenvalue weighted by atomic mass is 29.5. The molecule has 1 aromatic carbocycles. The molecule has 1 atom stereocenters. The molecule has 3 nitrogen and oxygen atoms in total. The molecule has 0 aromatic heterocycles. The van der Waals surface area contributed by atoms with Crippen LogP contribution >= 0.6 is 0 Å². The predicted molar refractivity (Wildman–Crippen MR) is 65.0 cm³/mol. The van der Waals surface area contributed by atoms with Gasteiger partial charge in [0, 0.05) is 8.55 Å². The van der Waals surface area contributed by atoms with E-state index < -0.39 is 8.56 Å². The van der Waals surface area contributed by atoms with Crippen molar-refractivity contribution in [1.29, 1.82) is 0 Å². The highest BCUT2D eigenvalue weighted by Crippen LogP contribution is 2.16. The summed E-state index contributed by atoms with van der Waals surface area (Å²) in [5.74, 6) is -0.348. The number of benzene rings is 1. The van der Waals surface area contributed by atoms with Gasteiger partial charge in [-0.15, -0.1) is 0 Å². The first kappa shape index (κ1) is 11.2. The number of hydrogen-bond donors (Lipinski definition) is 1. The van der Waals surface area contributed by atoms with Crippen molar-refractivity contribution in [3.05, 3.63) is 29.8 Å². The Kier molecular flexibility index (Phi) is 4.11. The molecular formula is C8H14O3Si3. The van der Waals surface area contributed by atoms with Crippen LogP contribution < -0.4 is 0 Å². The Morgan fingerprint density at radius 1 is 1.57 bits per heavy atom. The van der Waals surface area contributed by atoms with Crippen LogP contribution in [0.1, 0.15) is 10.4 Å². The number of hydrogen-bond acceptors (Lipinski definition) is 3. The molecule has 1 aromatic rings. The molecule has 0 heterocycles. The standard InChI is InChI=1S/C8H14O3Si3/c1-14(13-12)11-8(10)6-4-2-3-5-7(6)9/h2-5,9,14H,13H2,1,12H3. The highest BCUT2D eigenvalue weighted by molar-refractivity contribution is 7.29. The lowest BCUT2D eigenvalue weighted by atomic mass is 10.2. The van der Waals surface area contributed by atoms with E-state index in [4.69, 9.17) is 4.43 Å². The lowest BCUT2D eigenvalue weighted by molar-refractivity contribution is 0.0736. The van der Waals surface area contributed by atoms with Gasteiger partial charge in [0.05, 0.1) is 5.56 Å². The van der Waals surface area contributed by atoms with Crippen LogP contribution in [0.25, 0.3) is 0 Å². The molecule has 0 aliphatic rings. The summed E-state index contributed by atoms with van der Waals surface area (Å²) in [6, 6.07) is 6.50. The summed E-state index contributed by atoms with van der Waals surface area (Å²) < 4.78 is 5.30. The van der Waals surface area contributed by atoms with Crippen molar-refractivity contribution in [1.82, 2.24) is 0 Å². The first-order valence-electron chi connectivity index (χ1n) is 4.64. The van der Waals surface area contributed by atoms with Gasteiger partial charge in [-0.25, -0.2) is 4.79 Å². The Labute approximate surface area is 89.7 Å². The Bertz CT molecular complexity index is 329. The van der Waals surface area contributed by atoms with Gasteiger partial charge in [-0.3, -0.25) is 0 Å². The molecule has 1 N–H and O–H groups in total. The highest BCUT2D eigenvalue weighted by Gasteiger charge is 2.14. The van der Waals surface area contributed by atoms with Crippen LogP contribution in [0.4, 0.5) is 0 Å². The van der Waals surface area contributed by atoms with Crippen LogP contribution in [0.15, 0.2) is 24.3 Å². The van der Waals surface area contributed by atoms with Gasteiger partial charge in [0.1, 0.15) is 5.75 Å². The Hall–Kier alpha value is -0.859. The number of aromatic hydroxyl groups is 1. The maximum atomic E-state index is 11.5. The van der Waals surface area contributed by atoms with Crippen molar-refractivity contribution >= 4 is 32.8 Å². The van der Waals surface area contributed by atoms with E-state index in [1.807, 2.05) is 0 Å². The van der Waals surface area contributed by atoms with Gasteiger partial charge in [-0.2, -0.15) is 0 Å². The van der Waals surface area contributed by atoms with Crippen molar-refractivity contribution < 1.29 is 14.3 Å². The maximum Gasteiger partial charge on any atom is 0.328 e. The molecule has 0 radical (unpaired) electrons. The number of phenols is 1. The van der Waals surface area contributed by atoms with Gasteiger partial charge in [0.25, 0.3) is 0 Å². The molecule has 0 spiro atoms. The smallest absolute Gasteiger partial charge is 0.328 e. The first-order chi connectivity index (χ1) is 6.65. The molecule has 76 valence electrons. The molecule has 0 saturated heterocycles. The fraction of sp³-hybridized carbons (Fsp3) is 0.125. The fourth-order valence-electron chi connectivity index (χ4n) is 0.976. The van der Waals surface area contributed by atoms with Crippen molar-refractivity contribution in [3.8, 4) is 5.75 Å². The minimum atomic E-state index is -1.19. The number of phenolic OH excluding ortho intramolecular Hbond substituents is 1. The summed E-state index contributed by atoms with van der Waals surface area (Å²) in [6.45, 7) is 2.05. The van der Waals surface area contributed by atoms with Crippen molar-refractivity contribution in [2.45, 2.75) is 6.55 Å². The zero-order chi connectivity index (χ0) is 10.6. The molecule has 0 amide bonds. The summed E-state index contributed by atoms with van der Waals surface area (Å²) in [6.07, 6.45) is 0. The third-order valence-electron chi connectivity index (χ3n) is 2.01. The molecule has 1 unspecified atom stereocenters. The van der Waals surface area contributed by atoms with Crippen molar-refractivity contribution in [2.24, 2.45) is 0 Å². The molecule has 6 heteroatoms. The molecule has 0 aliphatic carbocycles. The van der Waals surface area contributed by atoms with Crippen molar-refractivity contribution in [2.75, 3.05) is 0 Å². The normalized spacial score (nSPS) is 13.2. The van der Waals surface area contributed by atoms with E-state index >= 15 is 0 Å². The van der Waals surface area contributed by atoms with E-state index in [1.165, 1.54) is 15.8 Å². The third-order valence-corrected chi connectivity index (χ3v) is 18.1. The Balaban J connectivity index is 2.75. The minimum absolute atomic E-state index is 0.00807. The van der Waals surface area contributed by atoms with Gasteiger partial charge < -0.3 is 9.53 Å². The average molecular weight is 242 g/mol. The molecular weight excluding hydrogens is 228 g/mol. The monoisotopic (exact) mass is 242 g/mol. The topological polar surface area (TPSA) is 46.5 Å². The molecule has 1 rings (SSSR count). The zero-order valence-corrected chi connectivity index (χ0v) is 12.9. The predicted octanol–water partition coefficient (Wildman–Crippen LogP) is -1.15. The second-order valence-electron chi connectivity index (χ2n) is 3.14. The van der Waals surface area contributed by atoms with E-state index in [0.717, 1.165) is 0 Å². The largest absolute Gasteiger partial charge is 0.522 e. The maximum absolute atomic E-state index is 11.5. The SMILES string of the molecule is C[SiH](OC(=O)c1ccccc1O)[SiH2][SiH3]. The van der Waals surface area contributed by atoms with Crippen LogP contribution in [-0.2, 0) is 4.43 Å². The first-order valence-corrected chi connectivity index (χ1v) is 15.2. The van der Waals surface area contributed by atoms with Gasteiger partial charge in [-0.1, -0.05) is 12.1 Å². The van der Waals surface area contributed by atoms with Gasteiger partial charge >= 0.3 is 5.97 Å². The lowest BCUT2D eigenvalue weighted by Crippen LogP contribution is -2.26. The van der Waals surface area contributed by atoms with Crippen LogP contribution in [0.3, 0.4) is 0 Å². The lowest BCUT2D eigenvalue weighted by Gasteiger charge is -2.10. The zero-order valence-electron chi connectivity index (χ0n) is 8.36. The Morgan fingerprint density at radius 3 is 2.79 bits per heavy atom. The summed E-state index contributed by atoms with van der Waals surface area (Å²) >= 11 is 0. The third kappa shape index (κ3) is 2.82. The second-order valence-corrected chi connectivity index (χ2v) is 19.1. The Morgan fingerprint density at radius 2 is 2.21 bits per heavy atom. The summed E-state index contributed by atoms with van der Waals surface area (Å²) in [7, 11) is -0.0585. The van der Waals surface area contributed by atoms with Crippen LogP contribution in [0.2, 0.25) is 6.55 Å². The number of para-hydroxylation sites is 1. The van der Waals surface area contributed by atoms with Crippen molar-refractivity contribution in [3.63, 3.8) is 0 Å². The molecule has 0 bridgehead atoms. The van der Waals surface area contributed by atoms with E-state index in [2.05, 4.69) is 6.55 Å². The van der Waals surface area contributed by atoms with E-state index in [1.54, 1.807) is 18.2 Å². The fourth-order valence-corrected chi connectivity index (χ4v) is 4.09. The molecule has 0 saturated carbocycles. The molecule has 14 heavy (non-hydrogen) atoms. The van der Waals surface area contributed by atoms with E-state index in [-0.39, 0.29) is 25.8 Å². The summed E-state index contributed by atoms with van der Waals surface area (Å²) in [4.78, 5) is 11.5. The average Bonchev–Trinajstić information content (AvgIpc) is 2.18. The van der Waals surface area contributed by atoms with Crippen LogP contribution in [0, 0.1) is 0 Å². The second kappa shape index (κ2) is 5.13. The molecule has 0 aliphatic heterocycles. The van der Waals surface area contributed by atoms with Crippen LogP contribution in [0.5, 0.6) is 5.75 Å². The van der Waals surface area contributed by atoms with E-state index in [9.17, 15) is 9.90 Å². The minimum Gasteiger partial charge on any atom is -0.522 e. The van der Waals surface area contributed by atoms with Gasteiger partial charge in [-0.05, 0) is 28.4 Å². The summed E-state index contributed by atoms with van der Waals surface area (Å²) in [5.41, 5.74) is 0.288. The quantitative estimate of drug-likeness (QED) is 0.681. The number of carbonyl (C=O) groups is 1.